The Morgan fingerprint density at radius 2 is 1.78 bits per heavy atom. The van der Waals surface area contributed by atoms with Crippen LogP contribution in [0.4, 0.5) is 5.69 Å². The van der Waals surface area contributed by atoms with Gasteiger partial charge in [-0.3, -0.25) is 9.78 Å². The van der Waals surface area contributed by atoms with Gasteiger partial charge in [-0.1, -0.05) is 43.3 Å². The number of carbonyl (C=O) groups is 1. The average molecular weight is 358 g/mol. The number of para-hydroxylation sites is 2. The van der Waals surface area contributed by atoms with Gasteiger partial charge in [0, 0.05) is 29.9 Å². The number of Topliss-reactive ketones (excluding diaryl/α,β-unsaturated/α-hetero) is 1. The van der Waals surface area contributed by atoms with Gasteiger partial charge in [0.05, 0.1) is 5.52 Å². The monoisotopic (exact) mass is 358 g/mol. The van der Waals surface area contributed by atoms with Gasteiger partial charge in [-0.05, 0) is 41.8 Å². The number of ketones is 1. The van der Waals surface area contributed by atoms with Crippen molar-refractivity contribution in [3.05, 3.63) is 78.0 Å². The van der Waals surface area contributed by atoms with E-state index in [-0.39, 0.29) is 5.78 Å². The first-order valence-corrected chi connectivity index (χ1v) is 9.20. The molecule has 1 aromatic heterocycles. The van der Waals surface area contributed by atoms with E-state index in [1.54, 1.807) is 6.20 Å². The SMILES string of the molecule is CCC(=C1C(=O)C(N(C)c2ccccc2)C1O)c1ccnc2ccccc12. The summed E-state index contributed by atoms with van der Waals surface area (Å²) >= 11 is 0. The second kappa shape index (κ2) is 6.97. The molecule has 3 aromatic rings. The van der Waals surface area contributed by atoms with Crippen molar-refractivity contribution >= 4 is 27.9 Å². The predicted molar refractivity (Wildman–Crippen MR) is 109 cm³/mol. The second-order valence-electron chi connectivity index (χ2n) is 6.82. The number of aromatic nitrogens is 1. The van der Waals surface area contributed by atoms with Gasteiger partial charge in [0.25, 0.3) is 0 Å². The van der Waals surface area contributed by atoms with E-state index < -0.39 is 12.1 Å². The molecule has 0 saturated heterocycles. The summed E-state index contributed by atoms with van der Waals surface area (Å²) in [6.45, 7) is 2.02. The smallest absolute Gasteiger partial charge is 0.187 e. The largest absolute Gasteiger partial charge is 0.386 e. The molecule has 0 spiro atoms. The van der Waals surface area contributed by atoms with Gasteiger partial charge in [-0.25, -0.2) is 0 Å². The number of benzene rings is 2. The molecular formula is C23H22N2O2. The fourth-order valence-corrected chi connectivity index (χ4v) is 3.93. The molecule has 2 aromatic carbocycles. The molecule has 1 N–H and O–H groups in total. The molecule has 1 saturated carbocycles. The topological polar surface area (TPSA) is 53.4 Å². The summed E-state index contributed by atoms with van der Waals surface area (Å²) in [4.78, 5) is 19.3. The number of fused-ring (bicyclic) bond motifs is 1. The van der Waals surface area contributed by atoms with E-state index in [0.29, 0.717) is 12.0 Å². The fraction of sp³-hybridized carbons (Fsp3) is 0.217. The number of carbonyl (C=O) groups excluding carboxylic acids is 1. The van der Waals surface area contributed by atoms with Gasteiger partial charge < -0.3 is 10.0 Å². The zero-order chi connectivity index (χ0) is 19.0. The summed E-state index contributed by atoms with van der Waals surface area (Å²) in [5, 5.41) is 11.9. The van der Waals surface area contributed by atoms with Crippen LogP contribution in [-0.4, -0.2) is 35.1 Å². The molecule has 4 nitrogen and oxygen atoms in total. The van der Waals surface area contributed by atoms with E-state index in [0.717, 1.165) is 27.7 Å². The quantitative estimate of drug-likeness (QED) is 0.720. The highest BCUT2D eigenvalue weighted by Gasteiger charge is 2.48. The highest BCUT2D eigenvalue weighted by atomic mass is 16.3. The number of anilines is 1. The lowest BCUT2D eigenvalue weighted by atomic mass is 9.75. The van der Waals surface area contributed by atoms with Crippen LogP contribution >= 0.6 is 0 Å². The Morgan fingerprint density at radius 3 is 2.48 bits per heavy atom. The Bertz CT molecular complexity index is 1020. The molecule has 4 rings (SSSR count). The van der Waals surface area contributed by atoms with E-state index >= 15 is 0 Å². The summed E-state index contributed by atoms with van der Waals surface area (Å²) in [5.74, 6) is -0.00778. The van der Waals surface area contributed by atoms with Crippen molar-refractivity contribution in [1.82, 2.24) is 4.98 Å². The van der Waals surface area contributed by atoms with Gasteiger partial charge in [0.15, 0.2) is 5.78 Å². The Balaban J connectivity index is 1.75. The third-order valence-corrected chi connectivity index (χ3v) is 5.36. The summed E-state index contributed by atoms with van der Waals surface area (Å²) in [5.41, 5.74) is 4.22. The van der Waals surface area contributed by atoms with Gasteiger partial charge >= 0.3 is 0 Å². The van der Waals surface area contributed by atoms with Crippen LogP contribution in [-0.2, 0) is 4.79 Å². The Kier molecular flexibility index (Phi) is 4.50. The number of allylic oxidation sites excluding steroid dienone is 1. The molecule has 2 unspecified atom stereocenters. The van der Waals surface area contributed by atoms with Crippen LogP contribution < -0.4 is 4.90 Å². The Hall–Kier alpha value is -2.98. The molecule has 0 aliphatic heterocycles. The van der Waals surface area contributed by atoms with Gasteiger partial charge in [0.2, 0.25) is 0 Å². The number of likely N-dealkylation sites (N-methyl/N-ethyl adjacent to an activating group) is 1. The lowest BCUT2D eigenvalue weighted by Gasteiger charge is -2.42. The number of aliphatic hydroxyl groups excluding tert-OH is 1. The standard InChI is InChI=1S/C23H22N2O2/c1-3-16(17-13-14-24-19-12-8-7-11-18(17)19)20-22(26)21(23(20)27)25(2)15-9-5-4-6-10-15/h4-14,21-22,26H,3H2,1-2H3. The molecule has 2 atom stereocenters. The number of rotatable bonds is 4. The van der Waals surface area contributed by atoms with Gasteiger partial charge in [-0.2, -0.15) is 0 Å². The lowest BCUT2D eigenvalue weighted by Crippen LogP contribution is -2.59. The van der Waals surface area contributed by atoms with E-state index in [4.69, 9.17) is 0 Å². The van der Waals surface area contributed by atoms with Crippen LogP contribution in [0.15, 0.2) is 72.4 Å². The molecule has 27 heavy (non-hydrogen) atoms. The van der Waals surface area contributed by atoms with Crippen molar-refractivity contribution in [1.29, 1.82) is 0 Å². The van der Waals surface area contributed by atoms with Crippen molar-refractivity contribution in [2.24, 2.45) is 0 Å². The van der Waals surface area contributed by atoms with E-state index in [2.05, 4.69) is 4.98 Å². The average Bonchev–Trinajstić information content (AvgIpc) is 2.72. The third kappa shape index (κ3) is 2.82. The van der Waals surface area contributed by atoms with Gasteiger partial charge in [-0.15, -0.1) is 0 Å². The Morgan fingerprint density at radius 1 is 1.07 bits per heavy atom. The number of hydrogen-bond donors (Lipinski definition) is 1. The number of nitrogens with zero attached hydrogens (tertiary/aromatic N) is 2. The van der Waals surface area contributed by atoms with Crippen LogP contribution in [0.25, 0.3) is 16.5 Å². The molecule has 1 heterocycles. The van der Waals surface area contributed by atoms with Crippen molar-refractivity contribution in [3.63, 3.8) is 0 Å². The van der Waals surface area contributed by atoms with Crippen molar-refractivity contribution in [3.8, 4) is 0 Å². The number of pyridine rings is 1. The summed E-state index contributed by atoms with van der Waals surface area (Å²) < 4.78 is 0. The molecule has 1 fully saturated rings. The highest BCUT2D eigenvalue weighted by Crippen LogP contribution is 2.38. The van der Waals surface area contributed by atoms with E-state index in [1.807, 2.05) is 79.5 Å². The lowest BCUT2D eigenvalue weighted by molar-refractivity contribution is -0.125. The van der Waals surface area contributed by atoms with Crippen molar-refractivity contribution in [2.75, 3.05) is 11.9 Å². The maximum absolute atomic E-state index is 13.0. The zero-order valence-electron chi connectivity index (χ0n) is 15.5. The van der Waals surface area contributed by atoms with Gasteiger partial charge in [0.1, 0.15) is 12.1 Å². The van der Waals surface area contributed by atoms with Crippen LogP contribution in [0.1, 0.15) is 18.9 Å². The first-order valence-electron chi connectivity index (χ1n) is 9.20. The third-order valence-electron chi connectivity index (χ3n) is 5.36. The summed E-state index contributed by atoms with van der Waals surface area (Å²) in [6, 6.07) is 19.0. The number of aliphatic hydroxyl groups is 1. The minimum absolute atomic E-state index is 0.00778. The maximum Gasteiger partial charge on any atom is 0.187 e. The molecule has 0 amide bonds. The predicted octanol–water partition coefficient (Wildman–Crippen LogP) is 3.85. The minimum Gasteiger partial charge on any atom is -0.386 e. The first-order chi connectivity index (χ1) is 13.1. The molecule has 0 radical (unpaired) electrons. The normalized spacial score (nSPS) is 21.1. The van der Waals surface area contributed by atoms with Crippen LogP contribution in [0, 0.1) is 0 Å². The molecule has 1 aliphatic carbocycles. The first kappa shape index (κ1) is 17.4. The fourth-order valence-electron chi connectivity index (χ4n) is 3.93. The maximum atomic E-state index is 13.0. The van der Waals surface area contributed by atoms with Crippen LogP contribution in [0.2, 0.25) is 0 Å². The molecule has 0 bridgehead atoms. The van der Waals surface area contributed by atoms with E-state index in [1.165, 1.54) is 0 Å². The van der Waals surface area contributed by atoms with E-state index in [9.17, 15) is 9.90 Å². The van der Waals surface area contributed by atoms with Crippen molar-refractivity contribution in [2.45, 2.75) is 25.5 Å². The second-order valence-corrected chi connectivity index (χ2v) is 6.82. The highest BCUT2D eigenvalue weighted by molar-refractivity contribution is 6.16. The molecule has 4 heteroatoms. The van der Waals surface area contributed by atoms with Crippen LogP contribution in [0.3, 0.4) is 0 Å². The summed E-state index contributed by atoms with van der Waals surface area (Å²) in [6.07, 6.45) is 1.63. The van der Waals surface area contributed by atoms with Crippen LogP contribution in [0.5, 0.6) is 0 Å². The number of hydrogen-bond acceptors (Lipinski definition) is 4. The zero-order valence-corrected chi connectivity index (χ0v) is 15.5. The Labute approximate surface area is 158 Å². The molecular weight excluding hydrogens is 336 g/mol. The molecule has 136 valence electrons. The minimum atomic E-state index is -0.801. The molecule has 1 aliphatic rings. The summed E-state index contributed by atoms with van der Waals surface area (Å²) in [7, 11) is 1.85. The van der Waals surface area contributed by atoms with Crippen molar-refractivity contribution < 1.29 is 9.90 Å².